The molecule has 0 aliphatic rings. The zero-order valence-corrected chi connectivity index (χ0v) is 8.72. The van der Waals surface area contributed by atoms with Crippen molar-refractivity contribution in [3.63, 3.8) is 0 Å². The molecule has 0 atom stereocenters. The van der Waals surface area contributed by atoms with Gasteiger partial charge in [0.05, 0.1) is 5.69 Å². The monoisotopic (exact) mass is 216 g/mol. The van der Waals surface area contributed by atoms with E-state index in [-0.39, 0.29) is 11.4 Å². The Morgan fingerprint density at radius 3 is 2.43 bits per heavy atom. The predicted octanol–water partition coefficient (Wildman–Crippen LogP) is 0.624. The molecule has 0 aliphatic carbocycles. The second-order valence-electron chi connectivity index (χ2n) is 3.05. The van der Waals surface area contributed by atoms with Gasteiger partial charge in [0.15, 0.2) is 0 Å². The summed E-state index contributed by atoms with van der Waals surface area (Å²) in [6.07, 6.45) is 0. The third-order valence-electron chi connectivity index (χ3n) is 1.88. The lowest BCUT2D eigenvalue weighted by Gasteiger charge is -2.10. The van der Waals surface area contributed by atoms with E-state index in [1.54, 1.807) is 26.0 Å². The first-order valence-electron chi connectivity index (χ1n) is 3.91. The minimum absolute atomic E-state index is 0.0682. The van der Waals surface area contributed by atoms with Gasteiger partial charge in [0.1, 0.15) is 5.75 Å². The van der Waals surface area contributed by atoms with E-state index in [2.05, 4.69) is 4.72 Å². The Balaban J connectivity index is 3.19. The van der Waals surface area contributed by atoms with E-state index >= 15 is 0 Å². The number of phenolic OH excluding ortho intramolecular Hbond substituents is 1. The highest BCUT2D eigenvalue weighted by atomic mass is 32.2. The summed E-state index contributed by atoms with van der Waals surface area (Å²) in [4.78, 5) is 0. The van der Waals surface area contributed by atoms with Gasteiger partial charge in [-0.25, -0.2) is 5.14 Å². The van der Waals surface area contributed by atoms with Gasteiger partial charge < -0.3 is 5.11 Å². The second kappa shape index (κ2) is 3.47. The van der Waals surface area contributed by atoms with Crippen LogP contribution in [0.3, 0.4) is 0 Å². The van der Waals surface area contributed by atoms with E-state index in [9.17, 15) is 13.5 Å². The maximum Gasteiger partial charge on any atom is 0.296 e. The fourth-order valence-electron chi connectivity index (χ4n) is 1.10. The molecule has 4 N–H and O–H groups in total. The fourth-order valence-corrected chi connectivity index (χ4v) is 1.63. The SMILES string of the molecule is Cc1ccc(NS(N)(=O)=O)c(C)c1O. The van der Waals surface area contributed by atoms with Gasteiger partial charge in [0.25, 0.3) is 10.2 Å². The Kier molecular flexibility index (Phi) is 2.68. The van der Waals surface area contributed by atoms with Crippen molar-refractivity contribution in [2.45, 2.75) is 13.8 Å². The topological polar surface area (TPSA) is 92.4 Å². The number of anilines is 1. The molecule has 14 heavy (non-hydrogen) atoms. The van der Waals surface area contributed by atoms with Gasteiger partial charge in [-0.15, -0.1) is 0 Å². The zero-order chi connectivity index (χ0) is 10.9. The largest absolute Gasteiger partial charge is 0.507 e. The van der Waals surface area contributed by atoms with Crippen LogP contribution >= 0.6 is 0 Å². The zero-order valence-electron chi connectivity index (χ0n) is 7.90. The minimum Gasteiger partial charge on any atom is -0.507 e. The molecular formula is C8H12N2O3S. The van der Waals surface area contributed by atoms with E-state index in [1.807, 2.05) is 0 Å². The number of phenols is 1. The number of aromatic hydroxyl groups is 1. The van der Waals surface area contributed by atoms with Crippen molar-refractivity contribution in [1.82, 2.24) is 0 Å². The average molecular weight is 216 g/mol. The number of nitrogens with one attached hydrogen (secondary N) is 1. The third-order valence-corrected chi connectivity index (χ3v) is 2.39. The lowest BCUT2D eigenvalue weighted by molar-refractivity contribution is 0.467. The number of aryl methyl sites for hydroxylation is 1. The van der Waals surface area contributed by atoms with Crippen LogP contribution in [0.15, 0.2) is 12.1 Å². The molecule has 0 bridgehead atoms. The molecule has 0 aromatic heterocycles. The van der Waals surface area contributed by atoms with Crippen molar-refractivity contribution in [3.8, 4) is 5.75 Å². The van der Waals surface area contributed by atoms with Crippen LogP contribution in [0.5, 0.6) is 5.75 Å². The molecule has 1 aromatic rings. The first kappa shape index (κ1) is 10.8. The number of benzene rings is 1. The lowest BCUT2D eigenvalue weighted by Crippen LogP contribution is -2.22. The molecular weight excluding hydrogens is 204 g/mol. The Labute approximate surface area is 82.7 Å². The molecule has 0 unspecified atom stereocenters. The van der Waals surface area contributed by atoms with Crippen LogP contribution in [-0.4, -0.2) is 13.5 Å². The molecule has 1 aromatic carbocycles. The van der Waals surface area contributed by atoms with E-state index in [1.165, 1.54) is 0 Å². The second-order valence-corrected chi connectivity index (χ2v) is 4.34. The predicted molar refractivity (Wildman–Crippen MR) is 54.3 cm³/mol. The highest BCUT2D eigenvalue weighted by molar-refractivity contribution is 7.90. The molecule has 0 saturated carbocycles. The third kappa shape index (κ3) is 2.36. The van der Waals surface area contributed by atoms with Crippen LogP contribution in [-0.2, 0) is 10.2 Å². The lowest BCUT2D eigenvalue weighted by atomic mass is 10.1. The molecule has 6 heteroatoms. The summed E-state index contributed by atoms with van der Waals surface area (Å²) in [6, 6.07) is 3.16. The van der Waals surface area contributed by atoms with E-state index in [4.69, 9.17) is 5.14 Å². The molecule has 0 fully saturated rings. The van der Waals surface area contributed by atoms with Gasteiger partial charge in [0.2, 0.25) is 0 Å². The Hall–Kier alpha value is -1.27. The average Bonchev–Trinajstić information content (AvgIpc) is 2.04. The summed E-state index contributed by atoms with van der Waals surface area (Å²) >= 11 is 0. The number of rotatable bonds is 2. The first-order valence-corrected chi connectivity index (χ1v) is 5.45. The highest BCUT2D eigenvalue weighted by Crippen LogP contribution is 2.28. The molecule has 5 nitrogen and oxygen atoms in total. The van der Waals surface area contributed by atoms with Crippen molar-refractivity contribution < 1.29 is 13.5 Å². The smallest absolute Gasteiger partial charge is 0.296 e. The van der Waals surface area contributed by atoms with E-state index in [0.717, 1.165) is 0 Å². The van der Waals surface area contributed by atoms with Gasteiger partial charge >= 0.3 is 0 Å². The Bertz CT molecular complexity index is 454. The van der Waals surface area contributed by atoms with Crippen LogP contribution in [0, 0.1) is 13.8 Å². The number of hydrogen-bond acceptors (Lipinski definition) is 3. The van der Waals surface area contributed by atoms with Gasteiger partial charge in [0, 0.05) is 5.56 Å². The molecule has 78 valence electrons. The van der Waals surface area contributed by atoms with Crippen LogP contribution in [0.1, 0.15) is 11.1 Å². The van der Waals surface area contributed by atoms with Gasteiger partial charge in [-0.2, -0.15) is 8.42 Å². The number of hydrogen-bond donors (Lipinski definition) is 3. The van der Waals surface area contributed by atoms with Crippen LogP contribution in [0.25, 0.3) is 0 Å². The maximum atomic E-state index is 10.7. The molecule has 1 rings (SSSR count). The van der Waals surface area contributed by atoms with Gasteiger partial charge in [-0.1, -0.05) is 6.07 Å². The molecule has 0 heterocycles. The van der Waals surface area contributed by atoms with Crippen LogP contribution in [0.2, 0.25) is 0 Å². The van der Waals surface area contributed by atoms with Crippen molar-refractivity contribution in [1.29, 1.82) is 0 Å². The van der Waals surface area contributed by atoms with Crippen molar-refractivity contribution in [2.24, 2.45) is 5.14 Å². The number of nitrogens with two attached hydrogens (primary N) is 1. The maximum absolute atomic E-state index is 10.7. The molecule has 0 saturated heterocycles. The quantitative estimate of drug-likeness (QED) is 0.676. The van der Waals surface area contributed by atoms with Crippen molar-refractivity contribution in [2.75, 3.05) is 4.72 Å². The first-order chi connectivity index (χ1) is 6.31. The molecule has 0 spiro atoms. The minimum atomic E-state index is -3.79. The summed E-state index contributed by atoms with van der Waals surface area (Å²) < 4.78 is 23.6. The molecule has 0 amide bonds. The van der Waals surface area contributed by atoms with E-state index < -0.39 is 10.2 Å². The normalized spacial score (nSPS) is 11.4. The summed E-state index contributed by atoms with van der Waals surface area (Å²) in [5.41, 5.74) is 1.43. The standard InChI is InChI=1S/C8H12N2O3S/c1-5-3-4-7(6(2)8(5)11)10-14(9,12)13/h3-4,10-11H,1-2H3,(H2,9,12,13). The summed E-state index contributed by atoms with van der Waals surface area (Å²) in [7, 11) is -3.79. The summed E-state index contributed by atoms with van der Waals surface area (Å²) in [6.45, 7) is 3.33. The van der Waals surface area contributed by atoms with Gasteiger partial charge in [-0.3, -0.25) is 4.72 Å². The molecule has 0 aliphatic heterocycles. The summed E-state index contributed by atoms with van der Waals surface area (Å²) in [5, 5.41) is 14.3. The highest BCUT2D eigenvalue weighted by Gasteiger charge is 2.09. The van der Waals surface area contributed by atoms with Crippen LogP contribution in [0.4, 0.5) is 5.69 Å². The summed E-state index contributed by atoms with van der Waals surface area (Å²) in [5.74, 6) is 0.0682. The van der Waals surface area contributed by atoms with Crippen LogP contribution < -0.4 is 9.86 Å². The van der Waals surface area contributed by atoms with E-state index in [0.29, 0.717) is 11.1 Å². The van der Waals surface area contributed by atoms with Crippen molar-refractivity contribution in [3.05, 3.63) is 23.3 Å². The fraction of sp³-hybridized carbons (Fsp3) is 0.250. The Morgan fingerprint density at radius 1 is 1.36 bits per heavy atom. The van der Waals surface area contributed by atoms with Crippen molar-refractivity contribution >= 4 is 15.9 Å². The van der Waals surface area contributed by atoms with Gasteiger partial charge in [-0.05, 0) is 25.5 Å². The Morgan fingerprint density at radius 2 is 1.93 bits per heavy atom. The molecule has 0 radical (unpaired) electrons.